The molecule has 4 nitrogen and oxygen atoms in total. The number of benzene rings is 6. The highest BCUT2D eigenvalue weighted by molar-refractivity contribution is 7.26. The Kier molecular flexibility index (Phi) is 7.95. The summed E-state index contributed by atoms with van der Waals surface area (Å²) in [7, 11) is 0. The molecule has 16 rings (SSSR count). The van der Waals surface area contributed by atoms with Crippen LogP contribution in [-0.4, -0.2) is 15.0 Å². The zero-order chi connectivity index (χ0) is 44.7. The minimum atomic E-state index is -0.567. The molecule has 1 aliphatic heterocycles. The number of hydrogen-bond donors (Lipinski definition) is 0. The fourth-order valence-corrected chi connectivity index (χ4v) is 19.2. The van der Waals surface area contributed by atoms with Crippen LogP contribution in [0.5, 0.6) is 0 Å². The van der Waals surface area contributed by atoms with E-state index in [4.69, 9.17) is 15.0 Å². The molecule has 0 saturated heterocycles. The minimum Gasteiger partial charge on any atom is -0.310 e. The van der Waals surface area contributed by atoms with Crippen molar-refractivity contribution in [2.75, 3.05) is 4.90 Å². The van der Waals surface area contributed by atoms with Crippen LogP contribution in [0.3, 0.4) is 0 Å². The van der Waals surface area contributed by atoms with E-state index in [1.165, 1.54) is 158 Å². The van der Waals surface area contributed by atoms with E-state index in [0.29, 0.717) is 0 Å². The summed E-state index contributed by atoms with van der Waals surface area (Å²) < 4.78 is 2.68. The zero-order valence-corrected chi connectivity index (χ0v) is 40.1. The summed E-state index contributed by atoms with van der Waals surface area (Å²) in [6, 6.07) is 50.6. The molecule has 5 heteroatoms. The van der Waals surface area contributed by atoms with E-state index in [1.54, 1.807) is 0 Å². The number of rotatable bonds is 6. The molecule has 68 heavy (non-hydrogen) atoms. The number of para-hydroxylation sites is 2. The summed E-state index contributed by atoms with van der Waals surface area (Å²) in [6.45, 7) is 4.66. The van der Waals surface area contributed by atoms with Gasteiger partial charge in [-0.15, -0.1) is 11.3 Å². The van der Waals surface area contributed by atoms with Gasteiger partial charge in [0.15, 0.2) is 5.82 Å². The molecule has 0 spiro atoms. The second-order valence-corrected chi connectivity index (χ2v) is 24.5. The van der Waals surface area contributed by atoms with E-state index in [-0.39, 0.29) is 10.8 Å². The molecule has 0 N–H and O–H groups in total. The van der Waals surface area contributed by atoms with Gasteiger partial charge in [0.05, 0.1) is 16.8 Å². The van der Waals surface area contributed by atoms with Crippen molar-refractivity contribution in [3.8, 4) is 11.4 Å². The molecule has 2 aromatic heterocycles. The van der Waals surface area contributed by atoms with Gasteiger partial charge < -0.3 is 4.90 Å². The Morgan fingerprint density at radius 3 is 1.90 bits per heavy atom. The van der Waals surface area contributed by atoms with Crippen LogP contribution in [0, 0.1) is 61.2 Å². The van der Waals surface area contributed by atoms with Gasteiger partial charge in [-0.2, -0.15) is 0 Å². The molecule has 7 saturated carbocycles. The maximum atomic E-state index is 5.84. The van der Waals surface area contributed by atoms with Crippen molar-refractivity contribution in [3.63, 3.8) is 0 Å². The third-order valence-corrected chi connectivity index (χ3v) is 21.4. The van der Waals surface area contributed by atoms with Crippen molar-refractivity contribution in [1.82, 2.24) is 15.0 Å². The Morgan fingerprint density at radius 1 is 0.544 bits per heavy atom. The smallest absolute Gasteiger partial charge is 0.163 e. The number of fused-ring (bicyclic) bond motifs is 9. The van der Waals surface area contributed by atoms with E-state index in [1.807, 2.05) is 11.3 Å². The molecule has 7 aliphatic carbocycles. The normalized spacial score (nSPS) is 31.8. The lowest BCUT2D eigenvalue weighted by Gasteiger charge is -2.48. The molecule has 8 unspecified atom stereocenters. The third kappa shape index (κ3) is 5.14. The van der Waals surface area contributed by atoms with Crippen molar-refractivity contribution in [2.45, 2.75) is 101 Å². The number of hydrogen-bond acceptors (Lipinski definition) is 5. The molecule has 8 atom stereocenters. The lowest BCUT2D eigenvalue weighted by atomic mass is 9.57. The molecule has 5 bridgehead atoms. The first-order valence-electron chi connectivity index (χ1n) is 26.2. The monoisotopic (exact) mass is 902 g/mol. The molecule has 3 heterocycles. The first-order valence-corrected chi connectivity index (χ1v) is 27.0. The topological polar surface area (TPSA) is 41.9 Å². The maximum Gasteiger partial charge on any atom is 0.163 e. The highest BCUT2D eigenvalue weighted by Crippen LogP contribution is 2.74. The number of anilines is 3. The molecule has 336 valence electrons. The number of aromatic nitrogens is 3. The summed E-state index contributed by atoms with van der Waals surface area (Å²) >= 11 is 1.93. The molecule has 0 radical (unpaired) electrons. The van der Waals surface area contributed by atoms with Crippen LogP contribution in [0.4, 0.5) is 17.1 Å². The van der Waals surface area contributed by atoms with Gasteiger partial charge in [-0.05, 0) is 176 Å². The maximum absolute atomic E-state index is 5.84. The van der Waals surface area contributed by atoms with Gasteiger partial charge in [0, 0.05) is 42.3 Å². The van der Waals surface area contributed by atoms with Crippen molar-refractivity contribution >= 4 is 48.6 Å². The standard InChI is InChI=1S/C63H58N4S/c1-36-26-43(27-37(2)55(36)58-64-59(61-30-38-28-41(33-61)56-46(29-38)48(56)35-61)66-60(65-58)62-31-39-14-12-15-40(32-62)47(39)34-62)67-52-23-9-7-20-49(52)63(42-16-4-3-5-17-42,50-21-8-10-24-53(50)67)51-22-13-19-45-44-18-6-11-25-54(44)68-57(45)51/h3-11,13,16-27,38-41,46-48,56H,12,14-15,28-35H2,1-2H3. The van der Waals surface area contributed by atoms with Crippen LogP contribution < -0.4 is 4.90 Å². The van der Waals surface area contributed by atoms with E-state index in [9.17, 15) is 0 Å². The SMILES string of the molecule is Cc1cc(N2c3ccccc3C(c3ccccc3)(c3cccc4c3sc3ccccc34)c3ccccc32)cc(C)c1-c1nc(C23CC4CCCC(C2)C4C3)nc(C23CC4CC(C2)C2C(C4)C2C3)n1. The Labute approximate surface area is 404 Å². The third-order valence-electron chi connectivity index (χ3n) is 20.1. The lowest BCUT2D eigenvalue weighted by Crippen LogP contribution is -2.44. The highest BCUT2D eigenvalue weighted by Gasteiger charge is 2.68. The summed E-state index contributed by atoms with van der Waals surface area (Å²) in [4.78, 5) is 20.0. The van der Waals surface area contributed by atoms with Gasteiger partial charge in [0.1, 0.15) is 11.6 Å². The fraction of sp³-hybridized carbons (Fsp3) is 0.381. The molecule has 0 amide bonds. The van der Waals surface area contributed by atoms with E-state index >= 15 is 0 Å². The Hall–Kier alpha value is -5.65. The van der Waals surface area contributed by atoms with Crippen LogP contribution in [0.1, 0.15) is 116 Å². The molecule has 8 aromatic rings. The number of thiophene rings is 1. The van der Waals surface area contributed by atoms with Gasteiger partial charge in [0.25, 0.3) is 0 Å². The van der Waals surface area contributed by atoms with Gasteiger partial charge in [-0.1, -0.05) is 122 Å². The molecular weight excluding hydrogens is 845 g/mol. The summed E-state index contributed by atoms with van der Waals surface area (Å²) in [5, 5.41) is 2.65. The summed E-state index contributed by atoms with van der Waals surface area (Å²) in [5.41, 5.74) is 12.2. The fourth-order valence-electron chi connectivity index (χ4n) is 17.9. The Morgan fingerprint density at radius 2 is 1.16 bits per heavy atom. The first kappa shape index (κ1) is 39.2. The van der Waals surface area contributed by atoms with Gasteiger partial charge in [0.2, 0.25) is 0 Å². The average Bonchev–Trinajstić information content (AvgIpc) is 3.61. The van der Waals surface area contributed by atoms with Crippen molar-refractivity contribution in [1.29, 1.82) is 0 Å². The number of nitrogens with zero attached hydrogens (tertiary/aromatic N) is 4. The Balaban J connectivity index is 0.877. The van der Waals surface area contributed by atoms with Crippen LogP contribution in [0.2, 0.25) is 0 Å². The van der Waals surface area contributed by atoms with E-state index in [2.05, 4.69) is 152 Å². The van der Waals surface area contributed by atoms with Crippen LogP contribution in [-0.2, 0) is 16.2 Å². The first-order chi connectivity index (χ1) is 33.4. The quantitative estimate of drug-likeness (QED) is 0.167. The predicted octanol–water partition coefficient (Wildman–Crippen LogP) is 15.5. The molecule has 8 aliphatic rings. The van der Waals surface area contributed by atoms with Crippen LogP contribution in [0.15, 0.2) is 133 Å². The van der Waals surface area contributed by atoms with Crippen molar-refractivity contribution < 1.29 is 0 Å². The molecule has 7 fully saturated rings. The number of aryl methyl sites for hydroxylation is 2. The van der Waals surface area contributed by atoms with Gasteiger partial charge in [-0.25, -0.2) is 15.0 Å². The predicted molar refractivity (Wildman–Crippen MR) is 276 cm³/mol. The lowest BCUT2D eigenvalue weighted by molar-refractivity contribution is 0.0719. The summed E-state index contributed by atoms with van der Waals surface area (Å²) in [5.74, 6) is 10.5. The Bertz CT molecular complexity index is 3320. The molecule has 6 aromatic carbocycles. The van der Waals surface area contributed by atoms with Crippen LogP contribution >= 0.6 is 11.3 Å². The zero-order valence-electron chi connectivity index (χ0n) is 39.3. The van der Waals surface area contributed by atoms with Gasteiger partial charge >= 0.3 is 0 Å². The van der Waals surface area contributed by atoms with Crippen LogP contribution in [0.25, 0.3) is 31.6 Å². The second-order valence-electron chi connectivity index (χ2n) is 23.4. The van der Waals surface area contributed by atoms with Crippen molar-refractivity contribution in [2.24, 2.45) is 47.3 Å². The second kappa shape index (κ2) is 13.8. The average molecular weight is 903 g/mol. The van der Waals surface area contributed by atoms with E-state index < -0.39 is 5.41 Å². The van der Waals surface area contributed by atoms with E-state index in [0.717, 1.165) is 53.2 Å². The summed E-state index contributed by atoms with van der Waals surface area (Å²) in [6.07, 6.45) is 14.9. The largest absolute Gasteiger partial charge is 0.310 e. The molecular formula is C63H58N4S. The minimum absolute atomic E-state index is 0.115. The highest BCUT2D eigenvalue weighted by atomic mass is 32.1. The van der Waals surface area contributed by atoms with Gasteiger partial charge in [-0.3, -0.25) is 0 Å². The van der Waals surface area contributed by atoms with Crippen molar-refractivity contribution in [3.05, 3.63) is 178 Å².